The summed E-state index contributed by atoms with van der Waals surface area (Å²) in [6, 6.07) is 5.58. The highest BCUT2D eigenvalue weighted by molar-refractivity contribution is 5.79. The van der Waals surface area contributed by atoms with Crippen LogP contribution >= 0.6 is 0 Å². The van der Waals surface area contributed by atoms with E-state index in [0.29, 0.717) is 19.0 Å². The Kier molecular flexibility index (Phi) is 6.65. The van der Waals surface area contributed by atoms with Gasteiger partial charge in [-0.3, -0.25) is 4.79 Å². The molecule has 8 heteroatoms. The van der Waals surface area contributed by atoms with Crippen molar-refractivity contribution in [3.63, 3.8) is 0 Å². The highest BCUT2D eigenvalue weighted by Gasteiger charge is 2.33. The van der Waals surface area contributed by atoms with E-state index < -0.39 is 11.7 Å². The number of imidazole rings is 1. The predicted molar refractivity (Wildman–Crippen MR) is 109 cm³/mol. The SMILES string of the molecule is O=C(C1CCCC1)N(Cc1nccn1Cc1ccccc1C(F)(F)F)CC1CCCO1. The highest BCUT2D eigenvalue weighted by Crippen LogP contribution is 2.32. The second-order valence-corrected chi connectivity index (χ2v) is 8.46. The molecule has 1 saturated carbocycles. The van der Waals surface area contributed by atoms with Crippen molar-refractivity contribution >= 4 is 5.91 Å². The van der Waals surface area contributed by atoms with E-state index in [0.717, 1.165) is 44.6 Å². The zero-order valence-corrected chi connectivity index (χ0v) is 17.5. The van der Waals surface area contributed by atoms with Gasteiger partial charge >= 0.3 is 6.18 Å². The minimum Gasteiger partial charge on any atom is -0.376 e. The molecule has 168 valence electrons. The Morgan fingerprint density at radius 3 is 2.65 bits per heavy atom. The number of aromatic nitrogens is 2. The number of amides is 1. The van der Waals surface area contributed by atoms with Gasteiger partial charge in [-0.2, -0.15) is 13.2 Å². The fraction of sp³-hybridized carbons (Fsp3) is 0.565. The van der Waals surface area contributed by atoms with Crippen molar-refractivity contribution in [2.24, 2.45) is 5.92 Å². The summed E-state index contributed by atoms with van der Waals surface area (Å²) in [5.41, 5.74) is -0.463. The molecule has 2 aliphatic rings. The summed E-state index contributed by atoms with van der Waals surface area (Å²) in [6.45, 7) is 1.53. The number of nitrogens with zero attached hydrogens (tertiary/aromatic N) is 3. The molecule has 5 nitrogen and oxygen atoms in total. The third-order valence-electron chi connectivity index (χ3n) is 6.26. The molecule has 0 bridgehead atoms. The van der Waals surface area contributed by atoms with E-state index in [4.69, 9.17) is 4.74 Å². The first-order valence-corrected chi connectivity index (χ1v) is 11.0. The summed E-state index contributed by atoms with van der Waals surface area (Å²) in [7, 11) is 0. The Morgan fingerprint density at radius 1 is 1.16 bits per heavy atom. The molecule has 2 aromatic rings. The van der Waals surface area contributed by atoms with Crippen LogP contribution in [-0.2, 0) is 28.8 Å². The zero-order chi connectivity index (χ0) is 21.8. The minimum atomic E-state index is -4.42. The van der Waals surface area contributed by atoms with E-state index in [1.165, 1.54) is 12.1 Å². The fourth-order valence-corrected chi connectivity index (χ4v) is 4.62. The normalized spacial score (nSPS) is 19.8. The smallest absolute Gasteiger partial charge is 0.376 e. The van der Waals surface area contributed by atoms with Gasteiger partial charge in [-0.1, -0.05) is 31.0 Å². The molecule has 1 aromatic carbocycles. The van der Waals surface area contributed by atoms with Crippen molar-refractivity contribution in [3.8, 4) is 0 Å². The lowest BCUT2D eigenvalue weighted by molar-refractivity contribution is -0.138. The van der Waals surface area contributed by atoms with Crippen LogP contribution in [0.25, 0.3) is 0 Å². The van der Waals surface area contributed by atoms with E-state index >= 15 is 0 Å². The molecule has 4 rings (SSSR count). The molecule has 1 amide bonds. The van der Waals surface area contributed by atoms with Crippen LogP contribution in [-0.4, -0.2) is 39.6 Å². The Labute approximate surface area is 180 Å². The van der Waals surface area contributed by atoms with Crippen molar-refractivity contribution in [3.05, 3.63) is 53.6 Å². The lowest BCUT2D eigenvalue weighted by Crippen LogP contribution is -2.40. The lowest BCUT2D eigenvalue weighted by Gasteiger charge is -2.28. The third-order valence-corrected chi connectivity index (χ3v) is 6.26. The van der Waals surface area contributed by atoms with Gasteiger partial charge in [0.1, 0.15) is 5.82 Å². The van der Waals surface area contributed by atoms with Crippen LogP contribution < -0.4 is 0 Å². The molecule has 1 atom stereocenters. The number of hydrogen-bond donors (Lipinski definition) is 0. The molecular weight excluding hydrogens is 407 g/mol. The first-order chi connectivity index (χ1) is 14.9. The second kappa shape index (κ2) is 9.42. The first kappa shape index (κ1) is 21.9. The van der Waals surface area contributed by atoms with Gasteiger partial charge in [0.15, 0.2) is 0 Å². The van der Waals surface area contributed by atoms with Gasteiger partial charge in [0.05, 0.1) is 18.2 Å². The van der Waals surface area contributed by atoms with E-state index in [2.05, 4.69) is 4.98 Å². The molecule has 1 unspecified atom stereocenters. The van der Waals surface area contributed by atoms with E-state index in [1.54, 1.807) is 27.9 Å². The number of hydrogen-bond acceptors (Lipinski definition) is 3. The van der Waals surface area contributed by atoms with Crippen LogP contribution in [0.2, 0.25) is 0 Å². The average Bonchev–Trinajstić information content (AvgIpc) is 3.51. The molecule has 1 aromatic heterocycles. The lowest BCUT2D eigenvalue weighted by atomic mass is 10.1. The van der Waals surface area contributed by atoms with E-state index in [-0.39, 0.29) is 36.6 Å². The molecule has 31 heavy (non-hydrogen) atoms. The third kappa shape index (κ3) is 5.29. The number of benzene rings is 1. The topological polar surface area (TPSA) is 47.4 Å². The van der Waals surface area contributed by atoms with Crippen molar-refractivity contribution in [2.45, 2.75) is 63.9 Å². The number of alkyl halides is 3. The van der Waals surface area contributed by atoms with Crippen molar-refractivity contribution in [2.75, 3.05) is 13.2 Å². The molecule has 0 N–H and O–H groups in total. The van der Waals surface area contributed by atoms with Crippen LogP contribution in [0.1, 0.15) is 55.5 Å². The van der Waals surface area contributed by atoms with Gasteiger partial charge in [-0.05, 0) is 37.3 Å². The quantitative estimate of drug-likeness (QED) is 0.636. The van der Waals surface area contributed by atoms with Crippen LogP contribution in [0.15, 0.2) is 36.7 Å². The maximum absolute atomic E-state index is 13.4. The van der Waals surface area contributed by atoms with Crippen LogP contribution in [0.3, 0.4) is 0 Å². The Balaban J connectivity index is 1.53. The second-order valence-electron chi connectivity index (χ2n) is 8.46. The monoisotopic (exact) mass is 435 g/mol. The van der Waals surface area contributed by atoms with Gasteiger partial charge in [-0.25, -0.2) is 4.98 Å². The largest absolute Gasteiger partial charge is 0.416 e. The summed E-state index contributed by atoms with van der Waals surface area (Å²) in [6.07, 6.45) is 4.67. The highest BCUT2D eigenvalue weighted by atomic mass is 19.4. The van der Waals surface area contributed by atoms with E-state index in [1.807, 2.05) is 0 Å². The molecule has 0 radical (unpaired) electrons. The Hall–Kier alpha value is -2.35. The van der Waals surface area contributed by atoms with Gasteiger partial charge in [0, 0.05) is 38.0 Å². The van der Waals surface area contributed by atoms with Gasteiger partial charge < -0.3 is 14.2 Å². The fourth-order valence-electron chi connectivity index (χ4n) is 4.62. The number of ether oxygens (including phenoxy) is 1. The first-order valence-electron chi connectivity index (χ1n) is 11.0. The van der Waals surface area contributed by atoms with Crippen LogP contribution in [0, 0.1) is 5.92 Å². The average molecular weight is 435 g/mol. The minimum absolute atomic E-state index is 0.0136. The number of rotatable bonds is 7. The summed E-state index contributed by atoms with van der Waals surface area (Å²) in [4.78, 5) is 19.4. The molecule has 2 fully saturated rings. The standard InChI is InChI=1S/C23H28F3N3O2/c24-23(25,26)20-10-4-3-8-18(20)14-28-12-11-27-21(28)16-29(15-19-9-5-13-31-19)22(30)17-6-1-2-7-17/h3-4,8,10-12,17,19H,1-2,5-7,9,13-16H2. The molecule has 1 aliphatic carbocycles. The van der Waals surface area contributed by atoms with E-state index in [9.17, 15) is 18.0 Å². The summed E-state index contributed by atoms with van der Waals surface area (Å²) < 4.78 is 47.7. The molecular formula is C23H28F3N3O2. The van der Waals surface area contributed by atoms with Crippen molar-refractivity contribution < 1.29 is 22.7 Å². The Morgan fingerprint density at radius 2 is 1.94 bits per heavy atom. The van der Waals surface area contributed by atoms with Gasteiger partial charge in [-0.15, -0.1) is 0 Å². The molecule has 1 aliphatic heterocycles. The number of carbonyl (C=O) groups is 1. The van der Waals surface area contributed by atoms with Crippen molar-refractivity contribution in [1.82, 2.24) is 14.5 Å². The maximum atomic E-state index is 13.4. The van der Waals surface area contributed by atoms with Crippen LogP contribution in [0.5, 0.6) is 0 Å². The van der Waals surface area contributed by atoms with Crippen molar-refractivity contribution in [1.29, 1.82) is 0 Å². The summed E-state index contributed by atoms with van der Waals surface area (Å²) in [5, 5.41) is 0. The van der Waals surface area contributed by atoms with Gasteiger partial charge in [0.25, 0.3) is 0 Å². The summed E-state index contributed by atoms with van der Waals surface area (Å²) in [5.74, 6) is 0.718. The molecule has 1 saturated heterocycles. The Bertz CT molecular complexity index is 884. The maximum Gasteiger partial charge on any atom is 0.416 e. The number of halogens is 3. The molecule has 0 spiro atoms. The van der Waals surface area contributed by atoms with Gasteiger partial charge in [0.2, 0.25) is 5.91 Å². The number of carbonyl (C=O) groups excluding carboxylic acids is 1. The van der Waals surface area contributed by atoms with Crippen LogP contribution in [0.4, 0.5) is 13.2 Å². The molecule has 2 heterocycles. The zero-order valence-electron chi connectivity index (χ0n) is 17.5. The summed E-state index contributed by atoms with van der Waals surface area (Å²) >= 11 is 0. The predicted octanol–water partition coefficient (Wildman–Crippen LogP) is 4.65.